The Labute approximate surface area is 348 Å². The predicted molar refractivity (Wildman–Crippen MR) is 223 cm³/mol. The lowest BCUT2D eigenvalue weighted by Crippen LogP contribution is -2.52. The SMILES string of the molecule is Cc1ccc2c(-c3ccc(NC(=S)NCCOCCOCCNC(=O)O[C@@H]([C@@H]4OC(C(=O)O)=C[C@H](N=C(N)N)[C@H]4C)[C@H](O)CO)cc3C(=O)O)c3ccc(=O)cc-3oc2c1. The van der Waals surface area contributed by atoms with Gasteiger partial charge in [-0.15, -0.1) is 0 Å². The van der Waals surface area contributed by atoms with Crippen molar-refractivity contribution >= 4 is 58.0 Å². The maximum atomic E-state index is 12.6. The minimum absolute atomic E-state index is 0.00112. The van der Waals surface area contributed by atoms with Crippen molar-refractivity contribution in [3.8, 4) is 22.5 Å². The summed E-state index contributed by atoms with van der Waals surface area (Å²) >= 11 is 5.41. The number of nitrogens with one attached hydrogen (secondary N) is 3. The zero-order valence-electron chi connectivity index (χ0n) is 32.6. The van der Waals surface area contributed by atoms with Crippen LogP contribution in [-0.2, 0) is 23.7 Å². The molecular weight excluding hydrogens is 805 g/mol. The number of carboxylic acid groups (broad SMARTS) is 2. The third-order valence-corrected chi connectivity index (χ3v) is 9.58. The number of aliphatic imine (C=N–C) groups is 1. The maximum absolute atomic E-state index is 12.6. The number of rotatable bonds is 18. The fraction of sp³-hybridized carbons (Fsp3) is 0.350. The summed E-state index contributed by atoms with van der Waals surface area (Å²) in [7, 11) is 0. The molecule has 20 heteroatoms. The van der Waals surface area contributed by atoms with Gasteiger partial charge < -0.3 is 71.2 Å². The number of carboxylic acids is 2. The van der Waals surface area contributed by atoms with Crippen LogP contribution in [0.3, 0.4) is 0 Å². The summed E-state index contributed by atoms with van der Waals surface area (Å²) in [6, 6.07) is 14.0. The van der Waals surface area contributed by atoms with E-state index in [0.717, 1.165) is 5.56 Å². The number of aromatic carboxylic acids is 1. The molecule has 2 aliphatic heterocycles. The normalized spacial score (nSPS) is 17.1. The minimum Gasteiger partial charge on any atom is -0.479 e. The van der Waals surface area contributed by atoms with Gasteiger partial charge in [0.25, 0.3) is 0 Å². The third kappa shape index (κ3) is 11.4. The number of amides is 1. The van der Waals surface area contributed by atoms with E-state index in [1.54, 1.807) is 25.1 Å². The highest BCUT2D eigenvalue weighted by Gasteiger charge is 2.43. The van der Waals surface area contributed by atoms with Crippen LogP contribution in [0.25, 0.3) is 33.4 Å². The van der Waals surface area contributed by atoms with Crippen molar-refractivity contribution in [2.45, 2.75) is 38.2 Å². The second-order valence-electron chi connectivity index (χ2n) is 13.7. The standard InChI is InChI=1S/C40H46N6O13S/c1-20-3-6-25-30(15-20)57-31-17-23(48)5-8-26(31)33(25)24-7-4-22(16-27(24)36(50)51)45-39(60)43-9-11-55-13-14-56-12-10-44-40(54)59-35(29(49)19-47)34-21(2)28(46-38(41)42)18-32(58-34)37(52)53/h3-8,15-18,21,28-29,34-35,47,49H,9-14,19H2,1-2H3,(H,44,54)(H,50,51)(H,52,53)(H4,41,42,46)(H2,43,45,60)/t21-,28+,29-,34-,35-/m1/s1. The molecule has 2 heterocycles. The number of guanidine groups is 1. The topological polar surface area (TPSA) is 300 Å². The third-order valence-electron chi connectivity index (χ3n) is 9.33. The van der Waals surface area contributed by atoms with E-state index in [0.29, 0.717) is 45.7 Å². The number of nitrogens with two attached hydrogens (primary N) is 2. The maximum Gasteiger partial charge on any atom is 0.407 e. The number of aliphatic carboxylic acids is 1. The molecular formula is C40H46N6O13S. The summed E-state index contributed by atoms with van der Waals surface area (Å²) in [5.74, 6) is -3.75. The summed E-state index contributed by atoms with van der Waals surface area (Å²) in [4.78, 5) is 52.9. The number of aliphatic hydroxyl groups is 2. The van der Waals surface area contributed by atoms with Gasteiger partial charge in [-0.05, 0) is 66.7 Å². The first-order valence-electron chi connectivity index (χ1n) is 18.7. The van der Waals surface area contributed by atoms with E-state index in [2.05, 4.69) is 20.9 Å². The van der Waals surface area contributed by atoms with E-state index in [9.17, 15) is 39.6 Å². The van der Waals surface area contributed by atoms with Crippen LogP contribution in [0.4, 0.5) is 10.5 Å². The zero-order valence-corrected chi connectivity index (χ0v) is 33.4. The van der Waals surface area contributed by atoms with Gasteiger partial charge >= 0.3 is 18.0 Å². The molecule has 0 saturated heterocycles. The Kier molecular flexibility index (Phi) is 15.4. The van der Waals surface area contributed by atoms with Crippen molar-refractivity contribution in [3.63, 3.8) is 0 Å². The largest absolute Gasteiger partial charge is 0.479 e. The van der Waals surface area contributed by atoms with Gasteiger partial charge in [-0.1, -0.05) is 25.1 Å². The lowest BCUT2D eigenvalue weighted by Gasteiger charge is -2.38. The highest BCUT2D eigenvalue weighted by Crippen LogP contribution is 2.42. The lowest BCUT2D eigenvalue weighted by molar-refractivity contribution is -0.147. The molecule has 0 fully saturated rings. The summed E-state index contributed by atoms with van der Waals surface area (Å²) < 4.78 is 27.9. The Morgan fingerprint density at radius 3 is 2.30 bits per heavy atom. The van der Waals surface area contributed by atoms with Crippen molar-refractivity contribution in [3.05, 3.63) is 87.8 Å². The van der Waals surface area contributed by atoms with Crippen LogP contribution in [0.1, 0.15) is 22.8 Å². The first-order chi connectivity index (χ1) is 28.7. The van der Waals surface area contributed by atoms with E-state index >= 15 is 0 Å². The van der Waals surface area contributed by atoms with Crippen molar-refractivity contribution in [2.75, 3.05) is 51.4 Å². The molecule has 0 spiro atoms. The molecule has 19 nitrogen and oxygen atoms in total. The van der Waals surface area contributed by atoms with Crippen molar-refractivity contribution < 1.29 is 58.2 Å². The molecule has 0 bridgehead atoms. The molecule has 1 aliphatic carbocycles. The highest BCUT2D eigenvalue weighted by atomic mass is 32.1. The fourth-order valence-electron chi connectivity index (χ4n) is 6.49. The van der Waals surface area contributed by atoms with Crippen LogP contribution in [-0.4, -0.2) is 120 Å². The molecule has 5 rings (SSSR count). The molecule has 0 saturated carbocycles. The van der Waals surface area contributed by atoms with Crippen LogP contribution in [0.2, 0.25) is 0 Å². The second-order valence-corrected chi connectivity index (χ2v) is 14.1. The Morgan fingerprint density at radius 2 is 1.63 bits per heavy atom. The molecule has 5 atom stereocenters. The number of carbonyl (C=O) groups is 3. The Hall–Kier alpha value is -6.32. The molecule has 320 valence electrons. The van der Waals surface area contributed by atoms with E-state index in [-0.39, 0.29) is 55.0 Å². The summed E-state index contributed by atoms with van der Waals surface area (Å²) in [6.07, 6.45) is -4.13. The Balaban J connectivity index is 1.04. The number of hydrogen-bond acceptors (Lipinski definition) is 13. The van der Waals surface area contributed by atoms with Gasteiger partial charge in [0, 0.05) is 47.3 Å². The Morgan fingerprint density at radius 1 is 0.933 bits per heavy atom. The molecule has 0 radical (unpaired) electrons. The smallest absolute Gasteiger partial charge is 0.407 e. The van der Waals surface area contributed by atoms with Gasteiger partial charge in [0.15, 0.2) is 22.6 Å². The van der Waals surface area contributed by atoms with E-state index in [4.69, 9.17) is 47.0 Å². The highest BCUT2D eigenvalue weighted by molar-refractivity contribution is 7.80. The first kappa shape index (κ1) is 44.8. The number of hydrogen-bond donors (Lipinski definition) is 9. The van der Waals surface area contributed by atoms with Gasteiger partial charge in [0.05, 0.1) is 44.6 Å². The van der Waals surface area contributed by atoms with Crippen molar-refractivity contribution in [2.24, 2.45) is 22.4 Å². The summed E-state index contributed by atoms with van der Waals surface area (Å²) in [5, 5.41) is 49.1. The number of aliphatic hydroxyl groups excluding tert-OH is 2. The average molecular weight is 851 g/mol. The number of anilines is 1. The number of ether oxygens (including phenoxy) is 4. The van der Waals surface area contributed by atoms with Gasteiger partial charge in [-0.25, -0.2) is 19.4 Å². The fourth-order valence-corrected chi connectivity index (χ4v) is 6.71. The molecule has 60 heavy (non-hydrogen) atoms. The number of thiocarbonyl (C=S) groups is 1. The second kappa shape index (κ2) is 20.6. The molecule has 1 amide bonds. The van der Waals surface area contributed by atoms with Crippen LogP contribution in [0.15, 0.2) is 80.6 Å². The molecule has 0 aromatic heterocycles. The van der Waals surface area contributed by atoms with E-state index in [1.807, 2.05) is 25.1 Å². The Bertz CT molecular complexity index is 2300. The molecule has 3 aliphatic rings. The van der Waals surface area contributed by atoms with Gasteiger partial charge in [-0.2, -0.15) is 0 Å². The lowest BCUT2D eigenvalue weighted by atomic mass is 9.87. The van der Waals surface area contributed by atoms with Gasteiger partial charge in [-0.3, -0.25) is 4.79 Å². The number of nitrogens with zero attached hydrogens (tertiary/aromatic N) is 1. The average Bonchev–Trinajstić information content (AvgIpc) is 3.20. The first-order valence-corrected chi connectivity index (χ1v) is 19.1. The number of benzene rings is 3. The van der Waals surface area contributed by atoms with Crippen LogP contribution in [0, 0.1) is 12.8 Å². The van der Waals surface area contributed by atoms with Crippen molar-refractivity contribution in [1.82, 2.24) is 10.6 Å². The number of fused-ring (bicyclic) bond motifs is 2. The van der Waals surface area contributed by atoms with Gasteiger partial charge in [0.1, 0.15) is 23.6 Å². The minimum atomic E-state index is -1.62. The van der Waals surface area contributed by atoms with Crippen LogP contribution in [0.5, 0.6) is 0 Å². The molecule has 11 N–H and O–H groups in total. The molecule has 2 aromatic carbocycles. The van der Waals surface area contributed by atoms with Crippen LogP contribution >= 0.6 is 12.2 Å². The number of alkyl carbamates (subject to hydrolysis) is 1. The van der Waals surface area contributed by atoms with Gasteiger partial charge in [0.2, 0.25) is 5.76 Å². The predicted octanol–water partition coefficient (Wildman–Crippen LogP) is 1.98. The summed E-state index contributed by atoms with van der Waals surface area (Å²) in [5.41, 5.74) is 14.3. The molecule has 0 unspecified atom stereocenters. The van der Waals surface area contributed by atoms with Crippen molar-refractivity contribution in [1.29, 1.82) is 0 Å². The quantitative estimate of drug-likeness (QED) is 0.0227. The number of aryl methyl sites for hydroxylation is 1. The van der Waals surface area contributed by atoms with Crippen LogP contribution < -0.4 is 32.8 Å². The monoisotopic (exact) mass is 850 g/mol. The van der Waals surface area contributed by atoms with E-state index in [1.165, 1.54) is 24.3 Å². The zero-order chi connectivity index (χ0) is 43.5. The van der Waals surface area contributed by atoms with E-state index < -0.39 is 60.7 Å². The number of carbonyl (C=O) groups excluding carboxylic acids is 1. The summed E-state index contributed by atoms with van der Waals surface area (Å²) in [6.45, 7) is 3.71. The molecule has 2 aromatic rings.